The predicted molar refractivity (Wildman–Crippen MR) is 67.9 cm³/mol. The van der Waals surface area contributed by atoms with E-state index in [4.69, 9.17) is 4.74 Å². The molecule has 0 atom stereocenters. The van der Waals surface area contributed by atoms with Crippen LogP contribution in [0.15, 0.2) is 42.5 Å². The Morgan fingerprint density at radius 1 is 1.28 bits per heavy atom. The summed E-state index contributed by atoms with van der Waals surface area (Å²) in [6, 6.07) is 14.1. The lowest BCUT2D eigenvalue weighted by Gasteiger charge is -2.07. The first kappa shape index (κ1) is 12.0. The molecule has 2 aromatic carbocycles. The number of phenols is 1. The summed E-state index contributed by atoms with van der Waals surface area (Å²) < 4.78 is 5.02. The number of rotatable bonds is 3. The second kappa shape index (κ2) is 5.23. The van der Waals surface area contributed by atoms with Crippen LogP contribution in [0.2, 0.25) is 0 Å². The summed E-state index contributed by atoms with van der Waals surface area (Å²) in [4.78, 5) is 11.9. The summed E-state index contributed by atoms with van der Waals surface area (Å²) in [5, 5.41) is 12.2. The van der Waals surface area contributed by atoms with Crippen molar-refractivity contribution in [2.24, 2.45) is 0 Å². The van der Waals surface area contributed by atoms with E-state index in [1.807, 2.05) is 0 Å². The summed E-state index contributed by atoms with van der Waals surface area (Å²) in [6.45, 7) is 0. The largest absolute Gasteiger partial charge is 0.507 e. The minimum Gasteiger partial charge on any atom is -0.507 e. The van der Waals surface area contributed by atoms with Gasteiger partial charge in [-0.25, -0.2) is 0 Å². The normalized spacial score (nSPS) is 9.83. The molecule has 1 amide bonds. The fraction of sp³-hybridized carbons (Fsp3) is 0.0714. The second-order valence-corrected chi connectivity index (χ2v) is 3.63. The van der Waals surface area contributed by atoms with Gasteiger partial charge in [-0.2, -0.15) is 0 Å². The zero-order valence-electron chi connectivity index (χ0n) is 9.81. The molecule has 0 aliphatic heterocycles. The van der Waals surface area contributed by atoms with Crippen LogP contribution in [-0.2, 0) is 0 Å². The molecule has 2 aromatic rings. The maximum absolute atomic E-state index is 11.9. The topological polar surface area (TPSA) is 58.6 Å². The molecule has 1 radical (unpaired) electrons. The molecular formula is C14H12NO3. The molecule has 0 heterocycles. The number of phenolic OH excluding ortho intramolecular Hbond substituents is 1. The number of amides is 1. The smallest absolute Gasteiger partial charge is 0.259 e. The van der Waals surface area contributed by atoms with Gasteiger partial charge in [0.2, 0.25) is 0 Å². The van der Waals surface area contributed by atoms with Crippen LogP contribution in [0, 0.1) is 6.07 Å². The van der Waals surface area contributed by atoms with Crippen molar-refractivity contribution in [3.63, 3.8) is 0 Å². The van der Waals surface area contributed by atoms with Crippen LogP contribution in [0.25, 0.3) is 0 Å². The Morgan fingerprint density at radius 2 is 2.00 bits per heavy atom. The number of anilines is 1. The fourth-order valence-electron chi connectivity index (χ4n) is 1.48. The van der Waals surface area contributed by atoms with E-state index in [-0.39, 0.29) is 17.2 Å². The Morgan fingerprint density at radius 3 is 2.61 bits per heavy atom. The van der Waals surface area contributed by atoms with Gasteiger partial charge in [-0.05, 0) is 42.5 Å². The fourth-order valence-corrected chi connectivity index (χ4v) is 1.48. The molecule has 0 aromatic heterocycles. The zero-order chi connectivity index (χ0) is 13.0. The van der Waals surface area contributed by atoms with Crippen LogP contribution in [0.5, 0.6) is 11.5 Å². The minimum absolute atomic E-state index is 0.0697. The Hall–Kier alpha value is -2.49. The summed E-state index contributed by atoms with van der Waals surface area (Å²) in [7, 11) is 1.57. The predicted octanol–water partition coefficient (Wildman–Crippen LogP) is 2.45. The van der Waals surface area contributed by atoms with Crippen molar-refractivity contribution in [2.75, 3.05) is 12.4 Å². The number of aromatic hydroxyl groups is 1. The minimum atomic E-state index is -0.380. The molecule has 0 aliphatic carbocycles. The van der Waals surface area contributed by atoms with Gasteiger partial charge in [0, 0.05) is 5.69 Å². The maximum Gasteiger partial charge on any atom is 0.259 e. The molecule has 0 saturated carbocycles. The van der Waals surface area contributed by atoms with Crippen molar-refractivity contribution >= 4 is 11.6 Å². The molecule has 0 spiro atoms. The molecule has 2 N–H and O–H groups in total. The molecule has 0 fully saturated rings. The number of hydrogen-bond donors (Lipinski definition) is 2. The van der Waals surface area contributed by atoms with Crippen molar-refractivity contribution in [3.8, 4) is 11.5 Å². The molecule has 0 unspecified atom stereocenters. The molecular weight excluding hydrogens is 230 g/mol. The highest BCUT2D eigenvalue weighted by atomic mass is 16.5. The summed E-state index contributed by atoms with van der Waals surface area (Å²) in [5.74, 6) is 0.262. The SMILES string of the molecule is COc1ccc(NC(=O)c2c[c]ccc2O)cc1. The van der Waals surface area contributed by atoms with E-state index in [0.29, 0.717) is 11.4 Å². The molecule has 0 saturated heterocycles. The van der Waals surface area contributed by atoms with E-state index in [0.717, 1.165) is 0 Å². The average molecular weight is 242 g/mol. The monoisotopic (exact) mass is 242 g/mol. The second-order valence-electron chi connectivity index (χ2n) is 3.63. The van der Waals surface area contributed by atoms with Crippen LogP contribution in [0.4, 0.5) is 5.69 Å². The molecule has 18 heavy (non-hydrogen) atoms. The lowest BCUT2D eigenvalue weighted by Crippen LogP contribution is -2.11. The van der Waals surface area contributed by atoms with Crippen LogP contribution < -0.4 is 10.1 Å². The van der Waals surface area contributed by atoms with Crippen molar-refractivity contribution in [1.29, 1.82) is 0 Å². The van der Waals surface area contributed by atoms with E-state index in [1.165, 1.54) is 12.1 Å². The van der Waals surface area contributed by atoms with Gasteiger partial charge < -0.3 is 15.2 Å². The van der Waals surface area contributed by atoms with Crippen molar-refractivity contribution in [1.82, 2.24) is 0 Å². The third-order valence-electron chi connectivity index (χ3n) is 2.43. The molecule has 91 valence electrons. The van der Waals surface area contributed by atoms with Crippen molar-refractivity contribution in [3.05, 3.63) is 54.1 Å². The summed E-state index contributed by atoms with van der Waals surface area (Å²) in [6.07, 6.45) is 0. The van der Waals surface area contributed by atoms with Gasteiger partial charge in [-0.1, -0.05) is 6.07 Å². The first-order valence-corrected chi connectivity index (χ1v) is 5.35. The van der Waals surface area contributed by atoms with Gasteiger partial charge in [0.05, 0.1) is 12.7 Å². The molecule has 0 aliphatic rings. The number of hydrogen-bond acceptors (Lipinski definition) is 3. The number of carbonyl (C=O) groups excluding carboxylic acids is 1. The van der Waals surface area contributed by atoms with E-state index in [1.54, 1.807) is 37.4 Å². The van der Waals surface area contributed by atoms with Gasteiger partial charge in [0.15, 0.2) is 0 Å². The summed E-state index contributed by atoms with van der Waals surface area (Å²) in [5.41, 5.74) is 0.817. The van der Waals surface area contributed by atoms with Gasteiger partial charge in [0.1, 0.15) is 11.5 Å². The van der Waals surface area contributed by atoms with Gasteiger partial charge >= 0.3 is 0 Å². The lowest BCUT2D eigenvalue weighted by atomic mass is 10.2. The van der Waals surface area contributed by atoms with E-state index >= 15 is 0 Å². The van der Waals surface area contributed by atoms with Crippen LogP contribution in [0.1, 0.15) is 10.4 Å². The highest BCUT2D eigenvalue weighted by molar-refractivity contribution is 6.06. The Balaban J connectivity index is 2.14. The Bertz CT molecular complexity index is 549. The standard InChI is InChI=1S/C14H12NO3/c1-18-11-8-6-10(7-9-11)15-14(17)12-4-2-3-5-13(12)16/h3-9,16H,1H3,(H,15,17). The first-order chi connectivity index (χ1) is 8.70. The van der Waals surface area contributed by atoms with E-state index in [9.17, 15) is 9.90 Å². The quantitative estimate of drug-likeness (QED) is 0.869. The molecule has 4 nitrogen and oxygen atoms in total. The Kier molecular flexibility index (Phi) is 3.48. The van der Waals surface area contributed by atoms with Gasteiger partial charge in [0.25, 0.3) is 5.91 Å². The highest BCUT2D eigenvalue weighted by Crippen LogP contribution is 2.19. The average Bonchev–Trinajstić information content (AvgIpc) is 2.40. The third kappa shape index (κ3) is 2.60. The number of nitrogens with one attached hydrogen (secondary N) is 1. The number of benzene rings is 2. The van der Waals surface area contributed by atoms with Crippen LogP contribution >= 0.6 is 0 Å². The molecule has 0 bridgehead atoms. The lowest BCUT2D eigenvalue weighted by molar-refractivity contribution is 0.102. The third-order valence-corrected chi connectivity index (χ3v) is 2.43. The summed E-state index contributed by atoms with van der Waals surface area (Å²) >= 11 is 0. The zero-order valence-corrected chi connectivity index (χ0v) is 9.81. The number of methoxy groups -OCH3 is 1. The maximum atomic E-state index is 11.9. The van der Waals surface area contributed by atoms with E-state index < -0.39 is 0 Å². The van der Waals surface area contributed by atoms with E-state index in [2.05, 4.69) is 11.4 Å². The molecule has 4 heteroatoms. The highest BCUT2D eigenvalue weighted by Gasteiger charge is 2.10. The number of carbonyl (C=O) groups is 1. The molecule has 2 rings (SSSR count). The first-order valence-electron chi connectivity index (χ1n) is 5.35. The van der Waals surface area contributed by atoms with Crippen LogP contribution in [-0.4, -0.2) is 18.1 Å². The van der Waals surface area contributed by atoms with Crippen molar-refractivity contribution < 1.29 is 14.6 Å². The number of ether oxygens (including phenoxy) is 1. The van der Waals surface area contributed by atoms with Crippen molar-refractivity contribution in [2.45, 2.75) is 0 Å². The van der Waals surface area contributed by atoms with Gasteiger partial charge in [-0.3, -0.25) is 4.79 Å². The van der Waals surface area contributed by atoms with Gasteiger partial charge in [-0.15, -0.1) is 0 Å². The Labute approximate surface area is 105 Å². The van der Waals surface area contributed by atoms with Crippen LogP contribution in [0.3, 0.4) is 0 Å².